The normalized spacial score (nSPS) is 19.3. The van der Waals surface area contributed by atoms with E-state index in [2.05, 4.69) is 29.9 Å². The van der Waals surface area contributed by atoms with E-state index >= 15 is 0 Å². The van der Waals surface area contributed by atoms with Gasteiger partial charge in [0.1, 0.15) is 0 Å². The number of rotatable bonds is 9. The zero-order valence-electron chi connectivity index (χ0n) is 16.9. The fourth-order valence-corrected chi connectivity index (χ4v) is 4.11. The summed E-state index contributed by atoms with van der Waals surface area (Å²) < 4.78 is 10.7. The SMILES string of the molecule is CCNC(=NCCCc1ccc(OC)c(OC)c1)NC1CCC(SC)C1.I. The average molecular weight is 507 g/mol. The first-order valence-electron chi connectivity index (χ1n) is 9.48. The second-order valence-electron chi connectivity index (χ2n) is 6.57. The molecule has 2 atom stereocenters. The Morgan fingerprint density at radius 3 is 2.63 bits per heavy atom. The molecule has 0 radical (unpaired) electrons. The molecule has 2 N–H and O–H groups in total. The molecule has 1 aliphatic carbocycles. The molecule has 1 aromatic carbocycles. The van der Waals surface area contributed by atoms with Gasteiger partial charge < -0.3 is 20.1 Å². The van der Waals surface area contributed by atoms with Crippen molar-refractivity contribution in [1.82, 2.24) is 10.6 Å². The summed E-state index contributed by atoms with van der Waals surface area (Å²) in [6, 6.07) is 6.66. The number of nitrogens with one attached hydrogen (secondary N) is 2. The molecule has 1 saturated carbocycles. The number of ether oxygens (including phenoxy) is 2. The molecule has 1 aliphatic rings. The van der Waals surface area contributed by atoms with E-state index in [0.717, 1.165) is 48.6 Å². The Bertz CT molecular complexity index is 586. The number of guanidine groups is 1. The summed E-state index contributed by atoms with van der Waals surface area (Å²) in [4.78, 5) is 4.75. The second-order valence-corrected chi connectivity index (χ2v) is 7.70. The number of aryl methyl sites for hydroxylation is 1. The Morgan fingerprint density at radius 1 is 1.22 bits per heavy atom. The highest BCUT2D eigenvalue weighted by atomic mass is 127. The van der Waals surface area contributed by atoms with Crippen molar-refractivity contribution in [3.8, 4) is 11.5 Å². The molecule has 0 aromatic heterocycles. The number of aliphatic imine (C=N–C) groups is 1. The first kappa shape index (κ1) is 24.2. The summed E-state index contributed by atoms with van der Waals surface area (Å²) >= 11 is 1.98. The minimum Gasteiger partial charge on any atom is -0.493 e. The Labute approximate surface area is 185 Å². The monoisotopic (exact) mass is 507 g/mol. The van der Waals surface area contributed by atoms with Gasteiger partial charge in [-0.25, -0.2) is 0 Å². The zero-order chi connectivity index (χ0) is 18.8. The zero-order valence-corrected chi connectivity index (χ0v) is 20.1. The van der Waals surface area contributed by atoms with Crippen molar-refractivity contribution < 1.29 is 9.47 Å². The third-order valence-corrected chi connectivity index (χ3v) is 5.84. The van der Waals surface area contributed by atoms with Gasteiger partial charge in [-0.05, 0) is 63.0 Å². The largest absolute Gasteiger partial charge is 0.493 e. The molecule has 0 heterocycles. The quantitative estimate of drug-likeness (QED) is 0.228. The first-order valence-corrected chi connectivity index (χ1v) is 10.8. The molecular weight excluding hydrogens is 473 g/mol. The van der Waals surface area contributed by atoms with E-state index in [4.69, 9.17) is 14.5 Å². The van der Waals surface area contributed by atoms with Crippen LogP contribution in [0.5, 0.6) is 11.5 Å². The van der Waals surface area contributed by atoms with Crippen LogP contribution in [0.15, 0.2) is 23.2 Å². The van der Waals surface area contributed by atoms with Crippen LogP contribution in [0.25, 0.3) is 0 Å². The number of nitrogens with zero attached hydrogens (tertiary/aromatic N) is 1. The second kappa shape index (κ2) is 13.4. The van der Waals surface area contributed by atoms with E-state index in [9.17, 15) is 0 Å². The van der Waals surface area contributed by atoms with Crippen LogP contribution in [0.4, 0.5) is 0 Å². The summed E-state index contributed by atoms with van der Waals surface area (Å²) in [5.41, 5.74) is 1.24. The minimum absolute atomic E-state index is 0. The Hall–Kier alpha value is -0.830. The lowest BCUT2D eigenvalue weighted by Crippen LogP contribution is -2.42. The van der Waals surface area contributed by atoms with Crippen LogP contribution < -0.4 is 20.1 Å². The lowest BCUT2D eigenvalue weighted by Gasteiger charge is -2.17. The fourth-order valence-electron chi connectivity index (χ4n) is 3.31. The van der Waals surface area contributed by atoms with E-state index in [1.165, 1.54) is 24.8 Å². The highest BCUT2D eigenvalue weighted by molar-refractivity contribution is 14.0. The summed E-state index contributed by atoms with van der Waals surface area (Å²) in [6.45, 7) is 3.81. The van der Waals surface area contributed by atoms with Crippen LogP contribution in [0, 0.1) is 0 Å². The molecule has 2 unspecified atom stereocenters. The highest BCUT2D eigenvalue weighted by Crippen LogP contribution is 2.28. The van der Waals surface area contributed by atoms with Crippen molar-refractivity contribution in [2.45, 2.75) is 50.3 Å². The van der Waals surface area contributed by atoms with Gasteiger partial charge in [0, 0.05) is 24.4 Å². The molecule has 1 aromatic rings. The average Bonchev–Trinajstić information content (AvgIpc) is 3.12. The van der Waals surface area contributed by atoms with Gasteiger partial charge >= 0.3 is 0 Å². The van der Waals surface area contributed by atoms with Gasteiger partial charge in [0.25, 0.3) is 0 Å². The van der Waals surface area contributed by atoms with Gasteiger partial charge in [0.05, 0.1) is 14.2 Å². The predicted molar refractivity (Wildman–Crippen MR) is 127 cm³/mol. The van der Waals surface area contributed by atoms with Crippen molar-refractivity contribution in [3.63, 3.8) is 0 Å². The summed E-state index contributed by atoms with van der Waals surface area (Å²) in [6.07, 6.45) is 7.96. The molecule has 5 nitrogen and oxygen atoms in total. The molecule has 0 bridgehead atoms. The number of thioether (sulfide) groups is 1. The van der Waals surface area contributed by atoms with Crippen molar-refractivity contribution in [3.05, 3.63) is 23.8 Å². The van der Waals surface area contributed by atoms with E-state index in [0.29, 0.717) is 6.04 Å². The van der Waals surface area contributed by atoms with E-state index in [-0.39, 0.29) is 24.0 Å². The summed E-state index contributed by atoms with van der Waals surface area (Å²) in [5, 5.41) is 7.76. The van der Waals surface area contributed by atoms with Crippen LogP contribution in [-0.4, -0.2) is 50.8 Å². The van der Waals surface area contributed by atoms with E-state index in [1.807, 2.05) is 23.9 Å². The molecule has 154 valence electrons. The van der Waals surface area contributed by atoms with Crippen molar-refractivity contribution in [2.75, 3.05) is 33.6 Å². The van der Waals surface area contributed by atoms with Crippen LogP contribution in [0.1, 0.15) is 38.2 Å². The van der Waals surface area contributed by atoms with Crippen molar-refractivity contribution >= 4 is 41.7 Å². The fraction of sp³-hybridized carbons (Fsp3) is 0.650. The Morgan fingerprint density at radius 2 is 2.00 bits per heavy atom. The third-order valence-electron chi connectivity index (χ3n) is 4.74. The number of methoxy groups -OCH3 is 2. The van der Waals surface area contributed by atoms with Gasteiger partial charge in [-0.15, -0.1) is 24.0 Å². The molecule has 0 aliphatic heterocycles. The highest BCUT2D eigenvalue weighted by Gasteiger charge is 2.24. The van der Waals surface area contributed by atoms with Crippen molar-refractivity contribution in [2.24, 2.45) is 4.99 Å². The molecular formula is C20H34IN3O2S. The third kappa shape index (κ3) is 7.97. The molecule has 0 amide bonds. The summed E-state index contributed by atoms with van der Waals surface area (Å²) in [5.74, 6) is 2.51. The molecule has 7 heteroatoms. The lowest BCUT2D eigenvalue weighted by atomic mass is 10.1. The van der Waals surface area contributed by atoms with Crippen molar-refractivity contribution in [1.29, 1.82) is 0 Å². The maximum absolute atomic E-state index is 5.37. The van der Waals surface area contributed by atoms with E-state index in [1.54, 1.807) is 14.2 Å². The predicted octanol–water partition coefficient (Wildman–Crippen LogP) is 4.09. The Kier molecular flexibility index (Phi) is 12.0. The summed E-state index contributed by atoms with van der Waals surface area (Å²) in [7, 11) is 3.33. The van der Waals surface area contributed by atoms with Crippen LogP contribution >= 0.6 is 35.7 Å². The first-order chi connectivity index (χ1) is 12.7. The molecule has 0 saturated heterocycles. The topological polar surface area (TPSA) is 54.9 Å². The van der Waals surface area contributed by atoms with Gasteiger partial charge in [0.2, 0.25) is 0 Å². The number of benzene rings is 1. The van der Waals surface area contributed by atoms with Gasteiger partial charge in [-0.3, -0.25) is 4.99 Å². The standard InChI is InChI=1S/C20H33N3O2S.HI/c1-5-21-20(23-16-9-10-17(14-16)26-4)22-12-6-7-15-8-11-18(24-2)19(13-15)25-3;/h8,11,13,16-17H,5-7,9-10,12,14H2,1-4H3,(H2,21,22,23);1H. The van der Waals surface area contributed by atoms with Gasteiger partial charge in [-0.2, -0.15) is 11.8 Å². The van der Waals surface area contributed by atoms with E-state index < -0.39 is 0 Å². The maximum Gasteiger partial charge on any atom is 0.191 e. The number of halogens is 1. The van der Waals surface area contributed by atoms with Crippen LogP contribution in [-0.2, 0) is 6.42 Å². The molecule has 1 fully saturated rings. The Balaban J connectivity index is 0.00000364. The molecule has 27 heavy (non-hydrogen) atoms. The molecule has 2 rings (SSSR count). The lowest BCUT2D eigenvalue weighted by molar-refractivity contribution is 0.354. The smallest absolute Gasteiger partial charge is 0.191 e. The number of hydrogen-bond donors (Lipinski definition) is 2. The van der Waals surface area contributed by atoms with Crippen LogP contribution in [0.3, 0.4) is 0 Å². The number of hydrogen-bond acceptors (Lipinski definition) is 4. The van der Waals surface area contributed by atoms with Gasteiger partial charge in [0.15, 0.2) is 17.5 Å². The van der Waals surface area contributed by atoms with Gasteiger partial charge in [-0.1, -0.05) is 6.07 Å². The minimum atomic E-state index is 0. The molecule has 0 spiro atoms. The van der Waals surface area contributed by atoms with Crippen LogP contribution in [0.2, 0.25) is 0 Å². The maximum atomic E-state index is 5.37.